The summed E-state index contributed by atoms with van der Waals surface area (Å²) < 4.78 is 5.16. The van der Waals surface area contributed by atoms with Crippen LogP contribution in [-0.2, 0) is 4.74 Å². The molecule has 0 aliphatic heterocycles. The van der Waals surface area contributed by atoms with Gasteiger partial charge in [-0.15, -0.1) is 0 Å². The van der Waals surface area contributed by atoms with Crippen molar-refractivity contribution in [3.05, 3.63) is 12.3 Å². The monoisotopic (exact) mass is 211 g/mol. The Balaban J connectivity index is 3.89. The number of allylic oxidation sites excluding steroid dienone is 1. The number of aliphatic imine (C=N–C) groups is 2. The van der Waals surface area contributed by atoms with Gasteiger partial charge in [0, 0.05) is 6.92 Å². The van der Waals surface area contributed by atoms with Crippen molar-refractivity contribution in [2.75, 3.05) is 6.54 Å². The Morgan fingerprint density at radius 1 is 1.53 bits per heavy atom. The van der Waals surface area contributed by atoms with E-state index in [1.165, 1.54) is 6.34 Å². The Morgan fingerprint density at radius 2 is 2.20 bits per heavy atom. The van der Waals surface area contributed by atoms with Crippen LogP contribution >= 0.6 is 0 Å². The molecule has 1 N–H and O–H groups in total. The van der Waals surface area contributed by atoms with Crippen LogP contribution in [0, 0.1) is 0 Å². The molecule has 0 aromatic rings. The molecule has 0 saturated heterocycles. The van der Waals surface area contributed by atoms with Crippen molar-refractivity contribution in [3.8, 4) is 0 Å². The Kier molecular flexibility index (Phi) is 7.54. The average molecular weight is 211 g/mol. The van der Waals surface area contributed by atoms with E-state index < -0.39 is 0 Å². The van der Waals surface area contributed by atoms with Crippen molar-refractivity contribution >= 4 is 12.2 Å². The molecule has 15 heavy (non-hydrogen) atoms. The van der Waals surface area contributed by atoms with Gasteiger partial charge in [0.1, 0.15) is 6.34 Å². The number of nitrogens with one attached hydrogen (secondary N) is 1. The highest BCUT2D eigenvalue weighted by Gasteiger charge is 1.93. The van der Waals surface area contributed by atoms with Crippen molar-refractivity contribution in [3.63, 3.8) is 0 Å². The van der Waals surface area contributed by atoms with E-state index in [1.807, 2.05) is 6.92 Å². The Morgan fingerprint density at radius 3 is 2.73 bits per heavy atom. The highest BCUT2D eigenvalue weighted by molar-refractivity contribution is 5.82. The third-order valence-electron chi connectivity index (χ3n) is 1.54. The molecule has 0 aliphatic carbocycles. The van der Waals surface area contributed by atoms with Gasteiger partial charge in [-0.05, 0) is 26.8 Å². The maximum atomic E-state index is 5.16. The first-order valence-corrected chi connectivity index (χ1v) is 5.19. The van der Waals surface area contributed by atoms with E-state index >= 15 is 0 Å². The first kappa shape index (κ1) is 13.8. The summed E-state index contributed by atoms with van der Waals surface area (Å²) in [6, 6.07) is 0. The molecule has 0 bridgehead atoms. The molecule has 0 aliphatic rings. The lowest BCUT2D eigenvalue weighted by Crippen LogP contribution is -2.24. The molecule has 0 rings (SSSR count). The molecule has 86 valence electrons. The van der Waals surface area contributed by atoms with Crippen LogP contribution in [0.25, 0.3) is 0 Å². The minimum atomic E-state index is 0.0892. The highest BCUT2D eigenvalue weighted by Crippen LogP contribution is 1.92. The molecule has 0 amide bonds. The van der Waals surface area contributed by atoms with Gasteiger partial charge in [-0.1, -0.05) is 13.5 Å². The lowest BCUT2D eigenvalue weighted by Gasteiger charge is -2.06. The van der Waals surface area contributed by atoms with E-state index in [1.54, 1.807) is 13.8 Å². The zero-order valence-electron chi connectivity index (χ0n) is 10.1. The molecule has 4 heteroatoms. The van der Waals surface area contributed by atoms with E-state index in [-0.39, 0.29) is 6.17 Å². The van der Waals surface area contributed by atoms with Gasteiger partial charge >= 0.3 is 0 Å². The number of hydrogen-bond acceptors (Lipinski definition) is 3. The summed E-state index contributed by atoms with van der Waals surface area (Å²) in [5.74, 6) is 1.18. The van der Waals surface area contributed by atoms with E-state index in [4.69, 9.17) is 4.74 Å². The molecule has 0 radical (unpaired) electrons. The molecule has 0 aromatic carbocycles. The second-order valence-electron chi connectivity index (χ2n) is 3.35. The van der Waals surface area contributed by atoms with Gasteiger partial charge in [-0.3, -0.25) is 10.3 Å². The van der Waals surface area contributed by atoms with Crippen LogP contribution < -0.4 is 5.32 Å². The van der Waals surface area contributed by atoms with E-state index in [0.717, 1.165) is 13.0 Å². The maximum Gasteiger partial charge on any atom is 0.192 e. The maximum absolute atomic E-state index is 5.16. The third kappa shape index (κ3) is 9.15. The number of hydrogen-bond donors (Lipinski definition) is 1. The summed E-state index contributed by atoms with van der Waals surface area (Å²) in [5.41, 5.74) is 0. The molecular weight excluding hydrogens is 190 g/mol. The first-order valence-electron chi connectivity index (χ1n) is 5.19. The standard InChI is InChI=1S/C11H21N3O/c1-6-7-12-10(4)13-8-14-11(5)15-9(2)3/h8,10,12H,2,6-7H2,1,3-5H3/b13-8-,14-11+. The van der Waals surface area contributed by atoms with Crippen LogP contribution in [-0.4, -0.2) is 24.9 Å². The molecule has 4 nitrogen and oxygen atoms in total. The second-order valence-corrected chi connectivity index (χ2v) is 3.35. The number of ether oxygens (including phenoxy) is 1. The molecular formula is C11H21N3O. The SMILES string of the molecule is C=C(C)O/C(C)=N/C=N\C(C)NCCC. The normalized spacial score (nSPS) is 14.3. The predicted octanol–water partition coefficient (Wildman–Crippen LogP) is 2.33. The van der Waals surface area contributed by atoms with E-state index in [9.17, 15) is 0 Å². The molecule has 0 spiro atoms. The van der Waals surface area contributed by atoms with Crippen LogP contribution in [0.3, 0.4) is 0 Å². The van der Waals surface area contributed by atoms with E-state index in [0.29, 0.717) is 11.7 Å². The fourth-order valence-electron chi connectivity index (χ4n) is 0.899. The predicted molar refractivity (Wildman–Crippen MR) is 65.3 cm³/mol. The van der Waals surface area contributed by atoms with Gasteiger partial charge in [0.2, 0.25) is 0 Å². The van der Waals surface area contributed by atoms with Gasteiger partial charge < -0.3 is 4.74 Å². The summed E-state index contributed by atoms with van der Waals surface area (Å²) in [6.07, 6.45) is 2.69. The molecule has 1 unspecified atom stereocenters. The Bertz CT molecular complexity index is 246. The largest absolute Gasteiger partial charge is 0.449 e. The summed E-state index contributed by atoms with van der Waals surface area (Å²) in [7, 11) is 0. The third-order valence-corrected chi connectivity index (χ3v) is 1.54. The smallest absolute Gasteiger partial charge is 0.192 e. The zero-order valence-corrected chi connectivity index (χ0v) is 10.1. The van der Waals surface area contributed by atoms with Crippen molar-refractivity contribution in [2.24, 2.45) is 9.98 Å². The molecule has 0 saturated carbocycles. The fourth-order valence-corrected chi connectivity index (χ4v) is 0.899. The van der Waals surface area contributed by atoms with Crippen LogP contribution in [0.15, 0.2) is 22.3 Å². The average Bonchev–Trinajstić information content (AvgIpc) is 2.13. The van der Waals surface area contributed by atoms with Crippen LogP contribution in [0.2, 0.25) is 0 Å². The van der Waals surface area contributed by atoms with Crippen molar-refractivity contribution in [1.29, 1.82) is 0 Å². The topological polar surface area (TPSA) is 46.0 Å². The fraction of sp³-hybridized carbons (Fsp3) is 0.636. The van der Waals surface area contributed by atoms with Crippen LogP contribution in [0.1, 0.15) is 34.1 Å². The van der Waals surface area contributed by atoms with Gasteiger partial charge in [0.05, 0.1) is 11.9 Å². The Hall–Kier alpha value is -1.16. The van der Waals surface area contributed by atoms with Crippen molar-refractivity contribution < 1.29 is 4.74 Å². The zero-order chi connectivity index (χ0) is 11.7. The van der Waals surface area contributed by atoms with Gasteiger partial charge in [-0.2, -0.15) is 0 Å². The summed E-state index contributed by atoms with van der Waals surface area (Å²) in [4.78, 5) is 8.19. The van der Waals surface area contributed by atoms with Crippen LogP contribution in [0.4, 0.5) is 0 Å². The van der Waals surface area contributed by atoms with Gasteiger partial charge in [0.15, 0.2) is 5.90 Å². The van der Waals surface area contributed by atoms with E-state index in [2.05, 4.69) is 28.8 Å². The number of nitrogens with zero attached hydrogens (tertiary/aromatic N) is 2. The molecule has 0 heterocycles. The van der Waals surface area contributed by atoms with Gasteiger partial charge in [0.25, 0.3) is 0 Å². The summed E-state index contributed by atoms with van der Waals surface area (Å²) in [5, 5.41) is 3.22. The summed E-state index contributed by atoms with van der Waals surface area (Å²) in [6.45, 7) is 12.2. The summed E-state index contributed by atoms with van der Waals surface area (Å²) >= 11 is 0. The van der Waals surface area contributed by atoms with Gasteiger partial charge in [-0.25, -0.2) is 4.99 Å². The number of rotatable bonds is 6. The highest BCUT2D eigenvalue weighted by atomic mass is 16.5. The first-order chi connectivity index (χ1) is 7.06. The second kappa shape index (κ2) is 8.17. The molecule has 0 fully saturated rings. The lowest BCUT2D eigenvalue weighted by atomic mass is 10.4. The minimum Gasteiger partial charge on any atom is -0.449 e. The van der Waals surface area contributed by atoms with Crippen molar-refractivity contribution in [1.82, 2.24) is 5.32 Å². The lowest BCUT2D eigenvalue weighted by molar-refractivity contribution is 0.417. The molecule has 0 aromatic heterocycles. The van der Waals surface area contributed by atoms with Crippen molar-refractivity contribution in [2.45, 2.75) is 40.3 Å². The van der Waals surface area contributed by atoms with Crippen LogP contribution in [0.5, 0.6) is 0 Å². The minimum absolute atomic E-state index is 0.0892. The Labute approximate surface area is 92.2 Å². The quantitative estimate of drug-likeness (QED) is 0.416. The molecule has 1 atom stereocenters.